The fourth-order valence-corrected chi connectivity index (χ4v) is 4.91. The number of rotatable bonds is 7. The second kappa shape index (κ2) is 8.59. The van der Waals surface area contributed by atoms with Gasteiger partial charge in [0.25, 0.3) is 0 Å². The summed E-state index contributed by atoms with van der Waals surface area (Å²) in [5, 5.41) is 9.96. The summed E-state index contributed by atoms with van der Waals surface area (Å²) in [6, 6.07) is 36.5. The molecule has 0 saturated heterocycles. The molecule has 1 aliphatic carbocycles. The molecule has 0 radical (unpaired) electrons. The second-order valence-corrected chi connectivity index (χ2v) is 8.88. The maximum atomic E-state index is 12.1. The topological polar surface area (TPSA) is 46.5 Å². The highest BCUT2D eigenvalue weighted by Crippen LogP contribution is 2.70. The van der Waals surface area contributed by atoms with Gasteiger partial charge in [-0.15, -0.1) is 0 Å². The lowest BCUT2D eigenvalue weighted by molar-refractivity contribution is -0.143. The van der Waals surface area contributed by atoms with Crippen molar-refractivity contribution in [2.75, 3.05) is 0 Å². The minimum Gasteiger partial charge on any atom is -0.489 e. The normalized spacial score (nSPS) is 21.4. The van der Waals surface area contributed by atoms with Crippen LogP contribution in [0.2, 0.25) is 0 Å². The third kappa shape index (κ3) is 4.03. The molecule has 3 heteroatoms. The average molecular weight is 435 g/mol. The third-order valence-corrected chi connectivity index (χ3v) is 6.82. The second-order valence-electron chi connectivity index (χ2n) is 8.88. The van der Waals surface area contributed by atoms with Gasteiger partial charge in [0.05, 0.1) is 5.41 Å². The molecule has 4 aromatic carbocycles. The molecule has 3 atom stereocenters. The van der Waals surface area contributed by atoms with Crippen molar-refractivity contribution in [2.45, 2.75) is 25.4 Å². The number of carboxylic acids is 1. The average Bonchev–Trinajstić information content (AvgIpc) is 3.51. The highest BCUT2D eigenvalue weighted by atomic mass is 16.5. The van der Waals surface area contributed by atoms with Gasteiger partial charge < -0.3 is 9.84 Å². The molecule has 0 unspecified atom stereocenters. The molecule has 0 aromatic heterocycles. The number of carbonyl (C=O) groups is 1. The van der Waals surface area contributed by atoms with Crippen molar-refractivity contribution in [3.05, 3.63) is 126 Å². The highest BCUT2D eigenvalue weighted by Gasteiger charge is 2.67. The molecule has 33 heavy (non-hydrogen) atoms. The van der Waals surface area contributed by atoms with Crippen molar-refractivity contribution in [3.8, 4) is 16.9 Å². The molecule has 0 aliphatic heterocycles. The molecule has 1 fully saturated rings. The lowest BCUT2D eigenvalue weighted by atomic mass is 9.98. The molecule has 1 aliphatic rings. The lowest BCUT2D eigenvalue weighted by Gasteiger charge is -2.10. The first-order valence-corrected chi connectivity index (χ1v) is 11.2. The number of benzene rings is 4. The lowest BCUT2D eigenvalue weighted by Crippen LogP contribution is -2.14. The van der Waals surface area contributed by atoms with Gasteiger partial charge in [0.1, 0.15) is 12.4 Å². The number of hydrogen-bond donors (Lipinski definition) is 1. The van der Waals surface area contributed by atoms with E-state index in [-0.39, 0.29) is 11.8 Å². The number of aliphatic carboxylic acids is 1. The van der Waals surface area contributed by atoms with E-state index in [0.29, 0.717) is 6.61 Å². The van der Waals surface area contributed by atoms with E-state index in [4.69, 9.17) is 4.74 Å². The zero-order chi connectivity index (χ0) is 22.8. The Labute approximate surface area is 194 Å². The molecule has 5 rings (SSSR count). The van der Waals surface area contributed by atoms with Gasteiger partial charge in [-0.25, -0.2) is 0 Å². The Kier molecular flexibility index (Phi) is 5.47. The summed E-state index contributed by atoms with van der Waals surface area (Å²) in [5.41, 5.74) is 4.65. The Balaban J connectivity index is 1.35. The minimum atomic E-state index is -0.784. The van der Waals surface area contributed by atoms with E-state index in [9.17, 15) is 9.90 Å². The fourth-order valence-electron chi connectivity index (χ4n) is 4.91. The molecular formula is C30H26O3. The van der Waals surface area contributed by atoms with E-state index in [1.807, 2.05) is 85.8 Å². The van der Waals surface area contributed by atoms with E-state index in [0.717, 1.165) is 33.6 Å². The monoisotopic (exact) mass is 434 g/mol. The van der Waals surface area contributed by atoms with Crippen molar-refractivity contribution in [3.63, 3.8) is 0 Å². The van der Waals surface area contributed by atoms with E-state index in [1.165, 1.54) is 0 Å². The fraction of sp³-hybridized carbons (Fsp3) is 0.167. The zero-order valence-electron chi connectivity index (χ0n) is 18.5. The first-order valence-electron chi connectivity index (χ1n) is 11.2. The van der Waals surface area contributed by atoms with Crippen LogP contribution in [0.3, 0.4) is 0 Å². The van der Waals surface area contributed by atoms with Crippen molar-refractivity contribution >= 4 is 5.97 Å². The smallest absolute Gasteiger partial charge is 0.310 e. The Bertz CT molecular complexity index is 1250. The molecule has 0 bridgehead atoms. The van der Waals surface area contributed by atoms with E-state index in [1.54, 1.807) is 0 Å². The molecule has 0 spiro atoms. The van der Waals surface area contributed by atoms with Gasteiger partial charge in [-0.05, 0) is 46.9 Å². The van der Waals surface area contributed by atoms with Gasteiger partial charge in [-0.2, -0.15) is 0 Å². The van der Waals surface area contributed by atoms with Crippen LogP contribution in [0.5, 0.6) is 5.75 Å². The van der Waals surface area contributed by atoms with Crippen LogP contribution in [0.25, 0.3) is 11.1 Å². The molecule has 0 heterocycles. The predicted octanol–water partition coefficient (Wildman–Crippen LogP) is 6.90. The van der Waals surface area contributed by atoms with Crippen LogP contribution in [0.15, 0.2) is 109 Å². The first-order chi connectivity index (χ1) is 16.1. The maximum Gasteiger partial charge on any atom is 0.310 e. The van der Waals surface area contributed by atoms with Crippen LogP contribution >= 0.6 is 0 Å². The molecular weight excluding hydrogens is 408 g/mol. The molecule has 0 amide bonds. The summed E-state index contributed by atoms with van der Waals surface area (Å²) >= 11 is 0. The van der Waals surface area contributed by atoms with Gasteiger partial charge in [0, 0.05) is 11.8 Å². The molecule has 1 N–H and O–H groups in total. The summed E-state index contributed by atoms with van der Waals surface area (Å²) in [4.78, 5) is 12.1. The molecule has 1 saturated carbocycles. The van der Waals surface area contributed by atoms with Crippen LogP contribution in [-0.2, 0) is 11.4 Å². The molecule has 4 aromatic rings. The summed E-state index contributed by atoms with van der Waals surface area (Å²) in [5.74, 6) is 0.0302. The Hall–Kier alpha value is -3.85. The van der Waals surface area contributed by atoms with Gasteiger partial charge >= 0.3 is 5.97 Å². The van der Waals surface area contributed by atoms with Crippen LogP contribution in [0.1, 0.15) is 35.4 Å². The maximum absolute atomic E-state index is 12.1. The van der Waals surface area contributed by atoms with E-state index in [2.05, 4.69) is 30.3 Å². The molecule has 164 valence electrons. The number of carboxylic acid groups (broad SMARTS) is 1. The van der Waals surface area contributed by atoms with Crippen molar-refractivity contribution < 1.29 is 14.6 Å². The zero-order valence-corrected chi connectivity index (χ0v) is 18.5. The Morgan fingerprint density at radius 1 is 0.758 bits per heavy atom. The number of hydrogen-bond acceptors (Lipinski definition) is 2. The van der Waals surface area contributed by atoms with Gasteiger partial charge in [-0.3, -0.25) is 4.79 Å². The predicted molar refractivity (Wildman–Crippen MR) is 130 cm³/mol. The third-order valence-electron chi connectivity index (χ3n) is 6.82. The highest BCUT2D eigenvalue weighted by molar-refractivity contribution is 5.83. The SMILES string of the molecule is C[C@@]1(C(=O)O)[C@@H](c2ccccc2)[C@@H]1c1ccc(-c2cccc(OCc3ccccc3)c2)cc1. The van der Waals surface area contributed by atoms with Crippen LogP contribution in [0, 0.1) is 5.41 Å². The first kappa shape index (κ1) is 21.0. The Morgan fingerprint density at radius 2 is 1.36 bits per heavy atom. The Morgan fingerprint density at radius 3 is 2.00 bits per heavy atom. The standard InChI is InChI=1S/C30H26O3/c1-30(29(31)32)27(23-11-6-3-7-12-23)28(30)24-17-15-22(16-18-24)25-13-8-14-26(19-25)33-20-21-9-4-2-5-10-21/h2-19,27-28H,20H2,1H3,(H,31,32)/t27-,28-,30+/m0/s1. The summed E-state index contributed by atoms with van der Waals surface area (Å²) in [6.07, 6.45) is 0. The van der Waals surface area contributed by atoms with Gasteiger partial charge in [-0.1, -0.05) is 97.1 Å². The van der Waals surface area contributed by atoms with Crippen molar-refractivity contribution in [2.24, 2.45) is 5.41 Å². The summed E-state index contributed by atoms with van der Waals surface area (Å²) in [6.45, 7) is 2.39. The van der Waals surface area contributed by atoms with Gasteiger partial charge in [0.15, 0.2) is 0 Å². The van der Waals surface area contributed by atoms with Gasteiger partial charge in [0.2, 0.25) is 0 Å². The van der Waals surface area contributed by atoms with Crippen molar-refractivity contribution in [1.82, 2.24) is 0 Å². The van der Waals surface area contributed by atoms with Crippen molar-refractivity contribution in [1.29, 1.82) is 0 Å². The van der Waals surface area contributed by atoms with Crippen LogP contribution in [0.4, 0.5) is 0 Å². The number of ether oxygens (including phenoxy) is 1. The van der Waals surface area contributed by atoms with Crippen LogP contribution in [-0.4, -0.2) is 11.1 Å². The largest absolute Gasteiger partial charge is 0.489 e. The summed E-state index contributed by atoms with van der Waals surface area (Å²) in [7, 11) is 0. The van der Waals surface area contributed by atoms with Crippen LogP contribution < -0.4 is 4.74 Å². The quantitative estimate of drug-likeness (QED) is 0.344. The summed E-state index contributed by atoms with van der Waals surface area (Å²) < 4.78 is 5.98. The minimum absolute atomic E-state index is 0.0169. The van der Waals surface area contributed by atoms with E-state index < -0.39 is 11.4 Å². The molecule has 3 nitrogen and oxygen atoms in total. The van der Waals surface area contributed by atoms with E-state index >= 15 is 0 Å².